The number of alkyl halides is 3. The number of hydrogen-bond donors (Lipinski definition) is 2. The van der Waals surface area contributed by atoms with E-state index in [0.29, 0.717) is 6.07 Å². The topological polar surface area (TPSA) is 104 Å². The molecule has 1 aromatic heterocycles. The Hall–Kier alpha value is -4.15. The zero-order chi connectivity index (χ0) is 23.5. The van der Waals surface area contributed by atoms with Crippen LogP contribution in [0.4, 0.5) is 23.2 Å². The van der Waals surface area contributed by atoms with Crippen molar-refractivity contribution < 1.29 is 36.6 Å². The highest BCUT2D eigenvalue weighted by atomic mass is 19.4. The van der Waals surface area contributed by atoms with Gasteiger partial charge in [0.1, 0.15) is 11.4 Å². The molecule has 0 aliphatic rings. The van der Waals surface area contributed by atoms with Gasteiger partial charge in [-0.15, -0.1) is 0 Å². The van der Waals surface area contributed by atoms with Crippen LogP contribution in [0.15, 0.2) is 54.7 Å². The number of rotatable bonds is 6. The van der Waals surface area contributed by atoms with Gasteiger partial charge in [0.15, 0.2) is 17.3 Å². The average Bonchev–Trinajstić information content (AvgIpc) is 2.73. The first-order valence-electron chi connectivity index (χ1n) is 8.89. The monoisotopic (exact) mass is 449 g/mol. The minimum Gasteiger partial charge on any atom is -0.490 e. The van der Waals surface area contributed by atoms with Crippen LogP contribution in [0.25, 0.3) is 0 Å². The summed E-state index contributed by atoms with van der Waals surface area (Å²) in [4.78, 5) is 27.8. The van der Waals surface area contributed by atoms with E-state index in [0.717, 1.165) is 24.3 Å². The number of pyridine rings is 1. The molecule has 32 heavy (non-hydrogen) atoms. The number of ether oxygens (including phenoxy) is 2. The number of amides is 2. The van der Waals surface area contributed by atoms with E-state index in [1.165, 1.54) is 31.5 Å². The molecule has 0 atom stereocenters. The Kier molecular flexibility index (Phi) is 6.28. The van der Waals surface area contributed by atoms with Crippen molar-refractivity contribution in [1.82, 2.24) is 4.98 Å². The molecule has 3 rings (SSSR count). The molecule has 0 bridgehead atoms. The second-order valence-corrected chi connectivity index (χ2v) is 6.33. The lowest BCUT2D eigenvalue weighted by Crippen LogP contribution is -2.17. The fraction of sp³-hybridized carbons (Fsp3) is 0.0952. The standard InChI is InChI=1S/C21H15F4N3O4/c1-31-18-14(22)3-2-4-17(18)32-16-6-5-11(21(23,24)25)9-13(16)20(30)28-12-7-8-27-15(10-12)19(26)29/h2-10H,1H3,(H2,26,29)(H,27,28,30). The number of primary amides is 1. The van der Waals surface area contributed by atoms with Crippen LogP contribution in [-0.4, -0.2) is 23.9 Å². The van der Waals surface area contributed by atoms with Gasteiger partial charge < -0.3 is 20.5 Å². The molecule has 1 heterocycles. The van der Waals surface area contributed by atoms with Crippen LogP contribution < -0.4 is 20.5 Å². The number of halogens is 4. The number of hydrogen-bond acceptors (Lipinski definition) is 5. The van der Waals surface area contributed by atoms with Gasteiger partial charge in [-0.1, -0.05) is 6.07 Å². The summed E-state index contributed by atoms with van der Waals surface area (Å²) in [5, 5.41) is 2.36. The van der Waals surface area contributed by atoms with Crippen molar-refractivity contribution in [2.24, 2.45) is 5.73 Å². The number of aromatic nitrogens is 1. The Labute approximate surface area is 178 Å². The van der Waals surface area contributed by atoms with Crippen molar-refractivity contribution in [3.05, 3.63) is 77.4 Å². The number of anilines is 1. The largest absolute Gasteiger partial charge is 0.490 e. The van der Waals surface area contributed by atoms with Crippen LogP contribution in [0.1, 0.15) is 26.4 Å². The van der Waals surface area contributed by atoms with Crippen molar-refractivity contribution >= 4 is 17.5 Å². The van der Waals surface area contributed by atoms with Crippen LogP contribution in [0, 0.1) is 5.82 Å². The summed E-state index contributed by atoms with van der Waals surface area (Å²) in [6, 6.07) is 8.44. The first kappa shape index (κ1) is 22.5. The molecule has 0 spiro atoms. The van der Waals surface area contributed by atoms with Crippen LogP contribution in [-0.2, 0) is 6.18 Å². The molecule has 0 aliphatic carbocycles. The fourth-order valence-electron chi connectivity index (χ4n) is 2.70. The second kappa shape index (κ2) is 8.92. The van der Waals surface area contributed by atoms with Gasteiger partial charge in [0.05, 0.1) is 18.2 Å². The second-order valence-electron chi connectivity index (χ2n) is 6.33. The Balaban J connectivity index is 2.02. The Morgan fingerprint density at radius 3 is 2.47 bits per heavy atom. The third-order valence-corrected chi connectivity index (χ3v) is 4.18. The number of para-hydroxylation sites is 1. The molecule has 166 valence electrons. The fourth-order valence-corrected chi connectivity index (χ4v) is 2.70. The van der Waals surface area contributed by atoms with Crippen molar-refractivity contribution in [3.63, 3.8) is 0 Å². The molecule has 0 saturated heterocycles. The molecule has 0 aliphatic heterocycles. The average molecular weight is 449 g/mol. The van der Waals surface area contributed by atoms with Crippen molar-refractivity contribution in [2.45, 2.75) is 6.18 Å². The summed E-state index contributed by atoms with van der Waals surface area (Å²) < 4.78 is 64.1. The molecule has 0 radical (unpaired) electrons. The van der Waals surface area contributed by atoms with Gasteiger partial charge in [0, 0.05) is 11.9 Å². The van der Waals surface area contributed by atoms with E-state index in [2.05, 4.69) is 10.3 Å². The number of benzene rings is 2. The molecular formula is C21H15F4N3O4. The van der Waals surface area contributed by atoms with E-state index in [9.17, 15) is 27.2 Å². The van der Waals surface area contributed by atoms with Crippen LogP contribution in [0.5, 0.6) is 17.2 Å². The zero-order valence-electron chi connectivity index (χ0n) is 16.4. The number of carbonyl (C=O) groups is 2. The van der Waals surface area contributed by atoms with Gasteiger partial charge in [-0.25, -0.2) is 4.39 Å². The predicted octanol–water partition coefficient (Wildman–Crippen LogP) is 4.39. The zero-order valence-corrected chi connectivity index (χ0v) is 16.4. The minimum absolute atomic E-state index is 0.0606. The molecule has 3 N–H and O–H groups in total. The van der Waals surface area contributed by atoms with Gasteiger partial charge in [-0.3, -0.25) is 14.6 Å². The predicted molar refractivity (Wildman–Crippen MR) is 105 cm³/mol. The van der Waals surface area contributed by atoms with Gasteiger partial charge in [0.25, 0.3) is 11.8 Å². The van der Waals surface area contributed by atoms with E-state index in [1.54, 1.807) is 0 Å². The summed E-state index contributed by atoms with van der Waals surface area (Å²) in [7, 11) is 1.19. The molecule has 0 saturated carbocycles. The highest BCUT2D eigenvalue weighted by molar-refractivity contribution is 6.06. The summed E-state index contributed by atoms with van der Waals surface area (Å²) >= 11 is 0. The van der Waals surface area contributed by atoms with E-state index < -0.39 is 34.9 Å². The van der Waals surface area contributed by atoms with Crippen LogP contribution in [0.2, 0.25) is 0 Å². The number of nitrogens with two attached hydrogens (primary N) is 1. The van der Waals surface area contributed by atoms with Gasteiger partial charge in [-0.05, 0) is 42.5 Å². The number of methoxy groups -OCH3 is 1. The molecule has 2 amide bonds. The maximum atomic E-state index is 13.9. The number of nitrogens with one attached hydrogen (secondary N) is 1. The molecule has 3 aromatic rings. The Morgan fingerprint density at radius 2 is 1.81 bits per heavy atom. The highest BCUT2D eigenvalue weighted by Gasteiger charge is 2.32. The number of carbonyl (C=O) groups excluding carboxylic acids is 2. The van der Waals surface area contributed by atoms with Crippen molar-refractivity contribution in [3.8, 4) is 17.2 Å². The Bertz CT molecular complexity index is 1180. The summed E-state index contributed by atoms with van der Waals surface area (Å²) in [5.74, 6) is -3.34. The lowest BCUT2D eigenvalue weighted by molar-refractivity contribution is -0.137. The van der Waals surface area contributed by atoms with E-state index >= 15 is 0 Å². The van der Waals surface area contributed by atoms with E-state index in [1.807, 2.05) is 0 Å². The van der Waals surface area contributed by atoms with E-state index in [4.69, 9.17) is 15.2 Å². The molecule has 0 unspecified atom stereocenters. The van der Waals surface area contributed by atoms with Crippen molar-refractivity contribution in [2.75, 3.05) is 12.4 Å². The number of nitrogens with zero attached hydrogens (tertiary/aromatic N) is 1. The summed E-state index contributed by atoms with van der Waals surface area (Å²) in [6.07, 6.45) is -3.54. The quantitative estimate of drug-likeness (QED) is 0.544. The lowest BCUT2D eigenvalue weighted by Gasteiger charge is -2.16. The summed E-state index contributed by atoms with van der Waals surface area (Å²) in [6.45, 7) is 0. The Morgan fingerprint density at radius 1 is 1.06 bits per heavy atom. The van der Waals surface area contributed by atoms with Crippen LogP contribution >= 0.6 is 0 Å². The maximum Gasteiger partial charge on any atom is 0.416 e. The molecule has 0 fully saturated rings. The first-order valence-corrected chi connectivity index (χ1v) is 8.89. The normalized spacial score (nSPS) is 11.0. The highest BCUT2D eigenvalue weighted by Crippen LogP contribution is 2.38. The molecule has 7 nitrogen and oxygen atoms in total. The third-order valence-electron chi connectivity index (χ3n) is 4.18. The van der Waals surface area contributed by atoms with Gasteiger partial charge in [-0.2, -0.15) is 13.2 Å². The van der Waals surface area contributed by atoms with Gasteiger partial charge in [0.2, 0.25) is 0 Å². The lowest BCUT2D eigenvalue weighted by atomic mass is 10.1. The maximum absolute atomic E-state index is 13.9. The summed E-state index contributed by atoms with van der Waals surface area (Å²) in [5.41, 5.74) is 3.44. The molecular weight excluding hydrogens is 434 g/mol. The first-order chi connectivity index (χ1) is 15.1. The SMILES string of the molecule is COc1c(F)cccc1Oc1ccc(C(F)(F)F)cc1C(=O)Nc1ccnc(C(N)=O)c1. The van der Waals surface area contributed by atoms with Gasteiger partial charge >= 0.3 is 6.18 Å². The van der Waals surface area contributed by atoms with E-state index in [-0.39, 0.29) is 28.6 Å². The van der Waals surface area contributed by atoms with Crippen molar-refractivity contribution in [1.29, 1.82) is 0 Å². The molecule has 11 heteroatoms. The van der Waals surface area contributed by atoms with Crippen LogP contribution in [0.3, 0.4) is 0 Å². The minimum atomic E-state index is -4.74. The smallest absolute Gasteiger partial charge is 0.416 e. The third kappa shape index (κ3) is 4.94. The molecule has 2 aromatic carbocycles.